The second kappa shape index (κ2) is 6.48. The summed E-state index contributed by atoms with van der Waals surface area (Å²) in [6.45, 7) is -0.0390. The number of methoxy groups -OCH3 is 1. The fourth-order valence-corrected chi connectivity index (χ4v) is 1.39. The van der Waals surface area contributed by atoms with Gasteiger partial charge in [0.05, 0.1) is 7.11 Å². The van der Waals surface area contributed by atoms with Gasteiger partial charge in [0.1, 0.15) is 5.75 Å². The summed E-state index contributed by atoms with van der Waals surface area (Å²) in [4.78, 5) is 21.1. The van der Waals surface area contributed by atoms with Crippen LogP contribution >= 0.6 is 0 Å². The summed E-state index contributed by atoms with van der Waals surface area (Å²) in [5.41, 5.74) is 0.667. The molecule has 0 aliphatic carbocycles. The lowest BCUT2D eigenvalue weighted by atomic mass is 10.1. The van der Waals surface area contributed by atoms with Crippen molar-refractivity contribution in [2.45, 2.75) is 6.42 Å². The molecule has 0 saturated carbocycles. The van der Waals surface area contributed by atoms with Gasteiger partial charge >= 0.3 is 0 Å². The highest BCUT2D eigenvalue weighted by Crippen LogP contribution is 2.15. The average Bonchev–Trinajstić information content (AvgIpc) is 2.34. The van der Waals surface area contributed by atoms with Gasteiger partial charge in [0.2, 0.25) is 0 Å². The number of hydrogen-bond donors (Lipinski definition) is 1. The van der Waals surface area contributed by atoms with Gasteiger partial charge in [-0.25, -0.2) is 0 Å². The number of nitrogens with one attached hydrogen (secondary N) is 1. The van der Waals surface area contributed by atoms with Crippen molar-refractivity contribution in [2.75, 3.05) is 19.0 Å². The molecule has 6 heteroatoms. The first kappa shape index (κ1) is 13.8. The number of aliphatic carboxylic acids is 2. The summed E-state index contributed by atoms with van der Waals surface area (Å²) >= 11 is 0. The molecule has 1 aromatic rings. The third-order valence-corrected chi connectivity index (χ3v) is 2.39. The van der Waals surface area contributed by atoms with E-state index >= 15 is 0 Å². The fraction of sp³-hybridized carbons (Fsp3) is 0.333. The van der Waals surface area contributed by atoms with E-state index in [4.69, 9.17) is 4.74 Å². The molecule has 0 fully saturated rings. The van der Waals surface area contributed by atoms with Gasteiger partial charge in [0.15, 0.2) is 0 Å². The molecule has 0 bridgehead atoms. The number of hydrogen-bond acceptors (Lipinski definition) is 6. The molecule has 1 aromatic carbocycles. The Hall–Kier alpha value is -2.24. The van der Waals surface area contributed by atoms with Crippen molar-refractivity contribution in [3.05, 3.63) is 24.3 Å². The first-order chi connectivity index (χ1) is 8.52. The van der Waals surface area contributed by atoms with Crippen LogP contribution in [0, 0.1) is 5.92 Å². The topological polar surface area (TPSA) is 102 Å². The molecule has 1 N–H and O–H groups in total. The lowest BCUT2D eigenvalue weighted by molar-refractivity contribution is -0.320. The zero-order valence-corrected chi connectivity index (χ0v) is 9.84. The van der Waals surface area contributed by atoms with Crippen LogP contribution in [-0.2, 0) is 9.59 Å². The Labute approximate surface area is 104 Å². The number of carboxylic acid groups (broad SMARTS) is 2. The van der Waals surface area contributed by atoms with E-state index in [0.29, 0.717) is 11.4 Å². The van der Waals surface area contributed by atoms with Gasteiger partial charge in [-0.2, -0.15) is 0 Å². The lowest BCUT2D eigenvalue weighted by Gasteiger charge is -2.19. The van der Waals surface area contributed by atoms with Crippen molar-refractivity contribution >= 4 is 17.6 Å². The van der Waals surface area contributed by atoms with Gasteiger partial charge in [-0.15, -0.1) is 0 Å². The highest BCUT2D eigenvalue weighted by atomic mass is 16.5. The third kappa shape index (κ3) is 4.32. The monoisotopic (exact) mass is 251 g/mol. The summed E-state index contributed by atoms with van der Waals surface area (Å²) in [7, 11) is 1.54. The molecule has 18 heavy (non-hydrogen) atoms. The van der Waals surface area contributed by atoms with E-state index in [-0.39, 0.29) is 6.54 Å². The second-order valence-corrected chi connectivity index (χ2v) is 3.70. The molecule has 0 aliphatic heterocycles. The normalized spacial score (nSPS) is 11.6. The number of rotatable bonds is 7. The number of anilines is 1. The Bertz CT molecular complexity index is 415. The summed E-state index contributed by atoms with van der Waals surface area (Å²) in [6.07, 6.45) is -0.578. The fourth-order valence-electron chi connectivity index (χ4n) is 1.39. The highest BCUT2D eigenvalue weighted by Gasteiger charge is 2.10. The minimum Gasteiger partial charge on any atom is -0.550 e. The van der Waals surface area contributed by atoms with Gasteiger partial charge in [-0.1, -0.05) is 0 Å². The summed E-state index contributed by atoms with van der Waals surface area (Å²) in [6, 6.07) is 6.80. The third-order valence-electron chi connectivity index (χ3n) is 2.39. The number of carbonyl (C=O) groups is 2. The zero-order chi connectivity index (χ0) is 13.5. The molecule has 98 valence electrons. The van der Waals surface area contributed by atoms with Crippen molar-refractivity contribution in [2.24, 2.45) is 5.92 Å². The van der Waals surface area contributed by atoms with Gasteiger partial charge in [0, 0.05) is 30.1 Å². The number of carbonyl (C=O) groups excluding carboxylic acids is 2. The largest absolute Gasteiger partial charge is 0.550 e. The molecule has 0 heterocycles. The predicted octanol–water partition coefficient (Wildman–Crippen LogP) is -1.39. The number of ether oxygens (including phenoxy) is 1. The van der Waals surface area contributed by atoms with Crippen LogP contribution in [0.3, 0.4) is 0 Å². The SMILES string of the molecule is COc1ccc(NC[C@H](CC(=O)[O-])C(=O)[O-])cc1. The Morgan fingerprint density at radius 3 is 2.33 bits per heavy atom. The van der Waals surface area contributed by atoms with E-state index in [1.54, 1.807) is 24.3 Å². The Morgan fingerprint density at radius 1 is 1.28 bits per heavy atom. The Morgan fingerprint density at radius 2 is 1.89 bits per heavy atom. The maximum absolute atomic E-state index is 10.7. The van der Waals surface area contributed by atoms with Crippen molar-refractivity contribution in [3.63, 3.8) is 0 Å². The molecule has 0 unspecified atom stereocenters. The van der Waals surface area contributed by atoms with Crippen molar-refractivity contribution in [3.8, 4) is 5.75 Å². The summed E-state index contributed by atoms with van der Waals surface area (Å²) in [5.74, 6) is -3.29. The lowest BCUT2D eigenvalue weighted by Crippen LogP contribution is -2.39. The van der Waals surface area contributed by atoms with E-state index in [0.717, 1.165) is 0 Å². The molecule has 0 saturated heterocycles. The summed E-state index contributed by atoms with van der Waals surface area (Å²) in [5, 5.41) is 23.9. The summed E-state index contributed by atoms with van der Waals surface area (Å²) < 4.78 is 4.97. The van der Waals surface area contributed by atoms with Gasteiger partial charge in [-0.05, 0) is 30.7 Å². The van der Waals surface area contributed by atoms with Crippen molar-refractivity contribution in [1.82, 2.24) is 0 Å². The standard InChI is InChI=1S/C12H15NO5/c1-18-10-4-2-9(3-5-10)13-7-8(12(16)17)6-11(14)15/h2-5,8,13H,6-7H2,1H3,(H,14,15)(H,16,17)/p-2/t8-/m0/s1. The maximum Gasteiger partial charge on any atom is 0.119 e. The van der Waals surface area contributed by atoms with E-state index < -0.39 is 24.3 Å². The molecular weight excluding hydrogens is 238 g/mol. The zero-order valence-electron chi connectivity index (χ0n) is 9.84. The molecule has 0 spiro atoms. The van der Waals surface area contributed by atoms with Gasteiger partial charge in [0.25, 0.3) is 0 Å². The van der Waals surface area contributed by atoms with Crippen LogP contribution in [0.15, 0.2) is 24.3 Å². The van der Waals surface area contributed by atoms with Crippen molar-refractivity contribution in [1.29, 1.82) is 0 Å². The molecule has 0 aliphatic rings. The van der Waals surface area contributed by atoms with E-state index in [2.05, 4.69) is 5.32 Å². The van der Waals surface area contributed by atoms with Crippen LogP contribution in [0.4, 0.5) is 5.69 Å². The van der Waals surface area contributed by atoms with Crippen LogP contribution < -0.4 is 20.3 Å². The number of benzene rings is 1. The number of carboxylic acids is 2. The quantitative estimate of drug-likeness (QED) is 0.640. The Balaban J connectivity index is 2.55. The molecule has 0 radical (unpaired) electrons. The van der Waals surface area contributed by atoms with Crippen LogP contribution in [0.5, 0.6) is 5.75 Å². The molecular formula is C12H13NO5-2. The van der Waals surface area contributed by atoms with E-state index in [1.807, 2.05) is 0 Å². The smallest absolute Gasteiger partial charge is 0.119 e. The second-order valence-electron chi connectivity index (χ2n) is 3.70. The molecule has 1 atom stereocenters. The minimum absolute atomic E-state index is 0.0390. The van der Waals surface area contributed by atoms with Crippen LogP contribution in [0.2, 0.25) is 0 Å². The van der Waals surface area contributed by atoms with Crippen LogP contribution in [-0.4, -0.2) is 25.6 Å². The molecule has 6 nitrogen and oxygen atoms in total. The van der Waals surface area contributed by atoms with Crippen LogP contribution in [0.1, 0.15) is 6.42 Å². The van der Waals surface area contributed by atoms with E-state index in [9.17, 15) is 19.8 Å². The van der Waals surface area contributed by atoms with E-state index in [1.165, 1.54) is 7.11 Å². The highest BCUT2D eigenvalue weighted by molar-refractivity contribution is 5.76. The van der Waals surface area contributed by atoms with Crippen molar-refractivity contribution < 1.29 is 24.5 Å². The first-order valence-electron chi connectivity index (χ1n) is 5.31. The predicted molar refractivity (Wildman–Crippen MR) is 59.6 cm³/mol. The average molecular weight is 251 g/mol. The van der Waals surface area contributed by atoms with Gasteiger partial charge in [-0.3, -0.25) is 0 Å². The molecule has 0 aromatic heterocycles. The van der Waals surface area contributed by atoms with Gasteiger partial charge < -0.3 is 29.9 Å². The Kier molecular flexibility index (Phi) is 4.98. The molecule has 0 amide bonds. The maximum atomic E-state index is 10.7. The van der Waals surface area contributed by atoms with Crippen LogP contribution in [0.25, 0.3) is 0 Å². The molecule has 1 rings (SSSR count). The minimum atomic E-state index is -1.42. The first-order valence-corrected chi connectivity index (χ1v) is 5.31.